The number of aromatic amines is 1. The third-order valence-electron chi connectivity index (χ3n) is 2.95. The van der Waals surface area contributed by atoms with Gasteiger partial charge in [-0.2, -0.15) is 5.10 Å². The van der Waals surface area contributed by atoms with E-state index in [4.69, 9.17) is 5.11 Å². The second-order valence-corrected chi connectivity index (χ2v) is 4.50. The molecule has 2 aromatic rings. The Hall–Kier alpha value is -2.89. The van der Waals surface area contributed by atoms with Gasteiger partial charge < -0.3 is 10.4 Å². The molecule has 0 spiro atoms. The number of nitrogens with one attached hydrogen (secondary N) is 2. The molecule has 1 heterocycles. The fourth-order valence-corrected chi connectivity index (χ4v) is 1.80. The monoisotopic (exact) mass is 285 g/mol. The van der Waals surface area contributed by atoms with E-state index in [1.54, 1.807) is 18.2 Å². The third-order valence-corrected chi connectivity index (χ3v) is 2.95. The zero-order valence-corrected chi connectivity index (χ0v) is 11.4. The second kappa shape index (κ2) is 6.51. The van der Waals surface area contributed by atoms with Gasteiger partial charge in [0, 0.05) is 12.3 Å². The van der Waals surface area contributed by atoms with Gasteiger partial charge in [0.05, 0.1) is 6.04 Å². The zero-order chi connectivity index (χ0) is 15.2. The molecule has 0 bridgehead atoms. The molecule has 1 amide bonds. The zero-order valence-electron chi connectivity index (χ0n) is 11.4. The summed E-state index contributed by atoms with van der Waals surface area (Å²) in [5.41, 5.74) is 2.12. The lowest BCUT2D eigenvalue weighted by molar-refractivity contribution is -0.131. The van der Waals surface area contributed by atoms with E-state index in [1.807, 2.05) is 19.1 Å². The largest absolute Gasteiger partial charge is 0.478 e. The number of nitrogens with zero attached hydrogens (tertiary/aromatic N) is 1. The second-order valence-electron chi connectivity index (χ2n) is 4.50. The summed E-state index contributed by atoms with van der Waals surface area (Å²) in [7, 11) is 0. The molecule has 21 heavy (non-hydrogen) atoms. The first-order valence-corrected chi connectivity index (χ1v) is 6.37. The lowest BCUT2D eigenvalue weighted by Crippen LogP contribution is -2.26. The number of carbonyl (C=O) groups excluding carboxylic acids is 1. The first-order valence-electron chi connectivity index (χ1n) is 6.37. The van der Waals surface area contributed by atoms with Gasteiger partial charge in [-0.25, -0.2) is 4.79 Å². The number of carbonyl (C=O) groups is 2. The quantitative estimate of drug-likeness (QED) is 0.732. The van der Waals surface area contributed by atoms with Crippen LogP contribution in [0.25, 0.3) is 6.08 Å². The van der Waals surface area contributed by atoms with Crippen LogP contribution in [0.3, 0.4) is 0 Å². The van der Waals surface area contributed by atoms with Crippen molar-refractivity contribution in [2.24, 2.45) is 0 Å². The maximum absolute atomic E-state index is 11.9. The van der Waals surface area contributed by atoms with Gasteiger partial charge in [0.1, 0.15) is 5.69 Å². The van der Waals surface area contributed by atoms with E-state index in [-0.39, 0.29) is 11.9 Å². The van der Waals surface area contributed by atoms with E-state index >= 15 is 0 Å². The Morgan fingerprint density at radius 1 is 1.29 bits per heavy atom. The summed E-state index contributed by atoms with van der Waals surface area (Å²) >= 11 is 0. The molecular weight excluding hydrogens is 270 g/mol. The van der Waals surface area contributed by atoms with Crippen LogP contribution in [0.5, 0.6) is 0 Å². The summed E-state index contributed by atoms with van der Waals surface area (Å²) in [5.74, 6) is -1.21. The van der Waals surface area contributed by atoms with E-state index in [0.29, 0.717) is 5.69 Å². The highest BCUT2D eigenvalue weighted by Gasteiger charge is 2.11. The number of rotatable bonds is 5. The molecule has 1 unspecified atom stereocenters. The average molecular weight is 285 g/mol. The smallest absolute Gasteiger partial charge is 0.328 e. The van der Waals surface area contributed by atoms with Crippen LogP contribution in [-0.4, -0.2) is 27.2 Å². The Labute approximate surface area is 121 Å². The Balaban J connectivity index is 2.01. The highest BCUT2D eigenvalue weighted by Crippen LogP contribution is 2.14. The van der Waals surface area contributed by atoms with Crippen molar-refractivity contribution in [1.82, 2.24) is 15.5 Å². The number of H-pyrrole nitrogens is 1. The van der Waals surface area contributed by atoms with Crippen LogP contribution in [0.1, 0.15) is 34.6 Å². The number of carboxylic acids is 1. The van der Waals surface area contributed by atoms with Crippen LogP contribution in [0.4, 0.5) is 0 Å². The van der Waals surface area contributed by atoms with Crippen LogP contribution < -0.4 is 5.32 Å². The average Bonchev–Trinajstić information content (AvgIpc) is 3.00. The van der Waals surface area contributed by atoms with Crippen molar-refractivity contribution in [3.63, 3.8) is 0 Å². The molecule has 0 radical (unpaired) electrons. The van der Waals surface area contributed by atoms with Crippen molar-refractivity contribution in [3.05, 3.63) is 59.4 Å². The van der Waals surface area contributed by atoms with Gasteiger partial charge in [-0.05, 0) is 30.2 Å². The van der Waals surface area contributed by atoms with Crippen LogP contribution >= 0.6 is 0 Å². The molecule has 0 aliphatic heterocycles. The molecule has 3 N–H and O–H groups in total. The molecule has 1 atom stereocenters. The van der Waals surface area contributed by atoms with Crippen LogP contribution in [0, 0.1) is 0 Å². The normalized spacial score (nSPS) is 12.2. The number of aliphatic carboxylic acids is 1. The number of benzene rings is 1. The highest BCUT2D eigenvalue weighted by molar-refractivity contribution is 5.92. The van der Waals surface area contributed by atoms with Gasteiger partial charge >= 0.3 is 5.97 Å². The lowest BCUT2D eigenvalue weighted by Gasteiger charge is -2.13. The molecule has 1 aromatic carbocycles. The maximum atomic E-state index is 11.9. The molecule has 108 valence electrons. The van der Waals surface area contributed by atoms with Gasteiger partial charge in [-0.15, -0.1) is 0 Å². The van der Waals surface area contributed by atoms with Crippen LogP contribution in [-0.2, 0) is 4.79 Å². The van der Waals surface area contributed by atoms with Crippen LogP contribution in [0.2, 0.25) is 0 Å². The summed E-state index contributed by atoms with van der Waals surface area (Å²) in [4.78, 5) is 22.3. The summed E-state index contributed by atoms with van der Waals surface area (Å²) in [6.45, 7) is 1.87. The predicted octanol–water partition coefficient (Wildman–Crippen LogP) is 2.00. The fourth-order valence-electron chi connectivity index (χ4n) is 1.80. The number of hydrogen-bond donors (Lipinski definition) is 3. The van der Waals surface area contributed by atoms with Crippen molar-refractivity contribution in [2.75, 3.05) is 0 Å². The summed E-state index contributed by atoms with van der Waals surface area (Å²) in [6, 6.07) is 8.72. The Morgan fingerprint density at radius 3 is 2.57 bits per heavy atom. The third kappa shape index (κ3) is 4.04. The van der Waals surface area contributed by atoms with Gasteiger partial charge in [0.2, 0.25) is 0 Å². The van der Waals surface area contributed by atoms with E-state index in [2.05, 4.69) is 15.5 Å². The van der Waals surface area contributed by atoms with E-state index in [0.717, 1.165) is 17.2 Å². The molecule has 6 heteroatoms. The number of hydrogen-bond acceptors (Lipinski definition) is 3. The van der Waals surface area contributed by atoms with Crippen LogP contribution in [0.15, 0.2) is 42.6 Å². The van der Waals surface area contributed by atoms with Crippen molar-refractivity contribution in [1.29, 1.82) is 0 Å². The number of carboxylic acid groups (broad SMARTS) is 1. The number of aromatic nitrogens is 2. The molecule has 0 aliphatic carbocycles. The molecule has 6 nitrogen and oxygen atoms in total. The van der Waals surface area contributed by atoms with Crippen molar-refractivity contribution >= 4 is 18.0 Å². The van der Waals surface area contributed by atoms with Gasteiger partial charge in [0.15, 0.2) is 0 Å². The standard InChI is InChI=1S/C15H15N3O3/c1-10(17-15(21)13-8-9-16-18-13)12-5-2-11(3-6-12)4-7-14(19)20/h2-10H,1H3,(H,16,18)(H,17,21)(H,19,20). The maximum Gasteiger partial charge on any atom is 0.328 e. The summed E-state index contributed by atoms with van der Waals surface area (Å²) in [5, 5.41) is 17.7. The first kappa shape index (κ1) is 14.5. The highest BCUT2D eigenvalue weighted by atomic mass is 16.4. The first-order chi connectivity index (χ1) is 10.1. The Kier molecular flexibility index (Phi) is 4.50. The van der Waals surface area contributed by atoms with E-state index in [1.165, 1.54) is 12.3 Å². The minimum atomic E-state index is -0.987. The minimum absolute atomic E-state index is 0.168. The number of amides is 1. The molecule has 0 saturated carbocycles. The van der Waals surface area contributed by atoms with Gasteiger partial charge in [-0.3, -0.25) is 9.89 Å². The molecule has 0 aliphatic rings. The fraction of sp³-hybridized carbons (Fsp3) is 0.133. The van der Waals surface area contributed by atoms with Crippen molar-refractivity contribution in [2.45, 2.75) is 13.0 Å². The van der Waals surface area contributed by atoms with E-state index < -0.39 is 5.97 Å². The Bertz CT molecular complexity index is 645. The Morgan fingerprint density at radius 2 is 2.00 bits per heavy atom. The molecular formula is C15H15N3O3. The SMILES string of the molecule is CC(NC(=O)c1ccn[nH]1)c1ccc(C=CC(=O)O)cc1. The topological polar surface area (TPSA) is 95.1 Å². The molecule has 0 fully saturated rings. The van der Waals surface area contributed by atoms with Gasteiger partial charge in [0.25, 0.3) is 5.91 Å². The van der Waals surface area contributed by atoms with Gasteiger partial charge in [-0.1, -0.05) is 24.3 Å². The van der Waals surface area contributed by atoms with Crippen molar-refractivity contribution < 1.29 is 14.7 Å². The minimum Gasteiger partial charge on any atom is -0.478 e. The predicted molar refractivity (Wildman–Crippen MR) is 77.6 cm³/mol. The summed E-state index contributed by atoms with van der Waals surface area (Å²) in [6.07, 6.45) is 4.11. The molecule has 0 saturated heterocycles. The summed E-state index contributed by atoms with van der Waals surface area (Å²) < 4.78 is 0. The van der Waals surface area contributed by atoms with Crippen molar-refractivity contribution in [3.8, 4) is 0 Å². The van der Waals surface area contributed by atoms with E-state index in [9.17, 15) is 9.59 Å². The molecule has 2 rings (SSSR count). The lowest BCUT2D eigenvalue weighted by atomic mass is 10.1. The molecule has 1 aromatic heterocycles.